The molecule has 0 saturated carbocycles. The molecule has 0 aliphatic heterocycles. The van der Waals surface area contributed by atoms with Crippen LogP contribution in [0.4, 0.5) is 13.2 Å². The molecule has 0 saturated heterocycles. The van der Waals surface area contributed by atoms with Gasteiger partial charge in [0.2, 0.25) is 0 Å². The van der Waals surface area contributed by atoms with Crippen LogP contribution in [0.15, 0.2) is 22.6 Å². The van der Waals surface area contributed by atoms with Crippen LogP contribution < -0.4 is 0 Å². The summed E-state index contributed by atoms with van der Waals surface area (Å²) in [6.07, 6.45) is -4.53. The highest BCUT2D eigenvalue weighted by Gasteiger charge is 2.37. The van der Waals surface area contributed by atoms with Gasteiger partial charge in [0.15, 0.2) is 5.58 Å². The molecule has 0 aliphatic carbocycles. The fraction of sp³-hybridized carbons (Fsp3) is 0.125. The number of fused-ring (bicyclic) bond motifs is 1. The summed E-state index contributed by atoms with van der Waals surface area (Å²) in [5, 5.41) is 0. The molecule has 1 heterocycles. The molecule has 0 N–H and O–H groups in total. The topological polar surface area (TPSA) is 26.0 Å². The van der Waals surface area contributed by atoms with Gasteiger partial charge < -0.3 is 4.42 Å². The van der Waals surface area contributed by atoms with Gasteiger partial charge >= 0.3 is 12.1 Å². The van der Waals surface area contributed by atoms with Crippen LogP contribution in [0.3, 0.4) is 0 Å². The van der Waals surface area contributed by atoms with Gasteiger partial charge in [0.1, 0.15) is 5.52 Å². The van der Waals surface area contributed by atoms with Crippen molar-refractivity contribution in [2.75, 3.05) is 0 Å². The minimum atomic E-state index is -4.53. The van der Waals surface area contributed by atoms with Crippen molar-refractivity contribution in [3.8, 4) is 0 Å². The van der Waals surface area contributed by atoms with E-state index in [2.05, 4.69) is 15.5 Å². The molecular weight excluding hydrogens is 183 g/mol. The molecule has 0 amide bonds. The van der Waals surface area contributed by atoms with E-state index in [0.717, 1.165) is 0 Å². The number of halogens is 3. The molecule has 2 aromatic rings. The third-order valence-corrected chi connectivity index (χ3v) is 1.46. The average Bonchev–Trinajstić information content (AvgIpc) is 2.45. The summed E-state index contributed by atoms with van der Waals surface area (Å²) in [6.45, 7) is 0. The van der Waals surface area contributed by atoms with Crippen LogP contribution in [0.1, 0.15) is 5.89 Å². The van der Waals surface area contributed by atoms with E-state index in [1.807, 2.05) is 0 Å². The van der Waals surface area contributed by atoms with Crippen LogP contribution >= 0.6 is 0 Å². The number of nitrogens with zero attached hydrogens (tertiary/aromatic N) is 1. The average molecular weight is 186 g/mol. The Morgan fingerprint density at radius 2 is 2.15 bits per heavy atom. The Balaban J connectivity index is 2.63. The smallest absolute Gasteiger partial charge is 0.433 e. The number of benzene rings is 1. The minimum absolute atomic E-state index is 0.0924. The normalized spacial score (nSPS) is 12.2. The molecule has 2 nitrogen and oxygen atoms in total. The van der Waals surface area contributed by atoms with Gasteiger partial charge in [-0.05, 0) is 6.07 Å². The molecule has 0 fully saturated rings. The Kier molecular flexibility index (Phi) is 1.55. The number of para-hydroxylation sites is 1. The Bertz CT molecular complexity index is 399. The summed E-state index contributed by atoms with van der Waals surface area (Å²) in [7, 11) is 0. The molecule has 0 bridgehead atoms. The van der Waals surface area contributed by atoms with E-state index in [1.54, 1.807) is 0 Å². The zero-order valence-electron chi connectivity index (χ0n) is 6.22. The van der Waals surface area contributed by atoms with E-state index in [-0.39, 0.29) is 11.1 Å². The maximum atomic E-state index is 12.1. The Morgan fingerprint density at radius 3 is 2.77 bits per heavy atom. The lowest BCUT2D eigenvalue weighted by atomic mass is 10.3. The summed E-state index contributed by atoms with van der Waals surface area (Å²) >= 11 is 0. The molecule has 0 unspecified atom stereocenters. The first kappa shape index (κ1) is 8.10. The molecule has 13 heavy (non-hydrogen) atoms. The van der Waals surface area contributed by atoms with Gasteiger partial charge in [-0.15, -0.1) is 0 Å². The van der Waals surface area contributed by atoms with Gasteiger partial charge in [-0.3, -0.25) is 0 Å². The highest BCUT2D eigenvalue weighted by atomic mass is 19.4. The van der Waals surface area contributed by atoms with Gasteiger partial charge in [0.25, 0.3) is 0 Å². The Hall–Kier alpha value is -1.52. The predicted molar refractivity (Wildman–Crippen MR) is 37.8 cm³/mol. The maximum absolute atomic E-state index is 12.1. The van der Waals surface area contributed by atoms with Gasteiger partial charge in [-0.25, -0.2) is 4.98 Å². The SMILES string of the molecule is FC(F)(F)c1nc2[c]cccc2o1. The molecule has 5 heteroatoms. The van der Waals surface area contributed by atoms with Crippen LogP contribution in [-0.2, 0) is 6.18 Å². The van der Waals surface area contributed by atoms with Crippen molar-refractivity contribution in [2.24, 2.45) is 0 Å². The van der Waals surface area contributed by atoms with E-state index in [1.165, 1.54) is 18.2 Å². The second-order valence-electron chi connectivity index (χ2n) is 2.40. The number of rotatable bonds is 0. The molecule has 0 aliphatic rings. The highest BCUT2D eigenvalue weighted by Crippen LogP contribution is 2.30. The number of aromatic nitrogens is 1. The summed E-state index contributed by atoms with van der Waals surface area (Å²) < 4.78 is 40.6. The third kappa shape index (κ3) is 1.37. The summed E-state index contributed by atoms with van der Waals surface area (Å²) in [6, 6.07) is 6.96. The minimum Gasteiger partial charge on any atom is -0.433 e. The first-order chi connectivity index (χ1) is 6.07. The molecular formula is C8H3F3NO. The summed E-state index contributed by atoms with van der Waals surface area (Å²) in [4.78, 5) is 3.24. The van der Waals surface area contributed by atoms with Crippen LogP contribution in [0.25, 0.3) is 11.1 Å². The lowest BCUT2D eigenvalue weighted by Crippen LogP contribution is -2.04. The van der Waals surface area contributed by atoms with Crippen molar-refractivity contribution < 1.29 is 17.6 Å². The van der Waals surface area contributed by atoms with Crippen molar-refractivity contribution >= 4 is 11.1 Å². The van der Waals surface area contributed by atoms with Gasteiger partial charge in [0.05, 0.1) is 0 Å². The number of oxazole rings is 1. The van der Waals surface area contributed by atoms with E-state index < -0.39 is 12.1 Å². The Labute approximate surface area is 71.0 Å². The van der Waals surface area contributed by atoms with Crippen molar-refractivity contribution in [1.29, 1.82) is 0 Å². The molecule has 67 valence electrons. The van der Waals surface area contributed by atoms with Gasteiger partial charge in [-0.2, -0.15) is 13.2 Å². The zero-order valence-corrected chi connectivity index (χ0v) is 6.22. The monoisotopic (exact) mass is 186 g/mol. The van der Waals surface area contributed by atoms with E-state index >= 15 is 0 Å². The zero-order chi connectivity index (χ0) is 9.47. The third-order valence-electron chi connectivity index (χ3n) is 1.46. The summed E-state index contributed by atoms with van der Waals surface area (Å²) in [5.41, 5.74) is 0.185. The van der Waals surface area contributed by atoms with E-state index in [4.69, 9.17) is 0 Å². The molecule has 0 spiro atoms. The van der Waals surface area contributed by atoms with E-state index in [0.29, 0.717) is 0 Å². The first-order valence-electron chi connectivity index (χ1n) is 3.42. The molecule has 1 radical (unpaired) electrons. The van der Waals surface area contributed by atoms with Crippen LogP contribution in [0, 0.1) is 6.07 Å². The van der Waals surface area contributed by atoms with Crippen molar-refractivity contribution in [1.82, 2.24) is 4.98 Å². The quantitative estimate of drug-likeness (QED) is 0.632. The lowest BCUT2D eigenvalue weighted by molar-refractivity contribution is -0.156. The number of hydrogen-bond donors (Lipinski definition) is 0. The maximum Gasteiger partial charge on any atom is 0.468 e. The Morgan fingerprint density at radius 1 is 1.38 bits per heavy atom. The fourth-order valence-electron chi connectivity index (χ4n) is 0.932. The molecule has 1 aromatic heterocycles. The predicted octanol–water partition coefficient (Wildman–Crippen LogP) is 2.65. The largest absolute Gasteiger partial charge is 0.468 e. The van der Waals surface area contributed by atoms with Crippen LogP contribution in [-0.4, -0.2) is 4.98 Å². The summed E-state index contributed by atoms with van der Waals surface area (Å²) in [5.74, 6) is -1.23. The van der Waals surface area contributed by atoms with Crippen molar-refractivity contribution in [3.63, 3.8) is 0 Å². The van der Waals surface area contributed by atoms with E-state index in [9.17, 15) is 13.2 Å². The van der Waals surface area contributed by atoms with Gasteiger partial charge in [-0.1, -0.05) is 12.1 Å². The fourth-order valence-corrected chi connectivity index (χ4v) is 0.932. The van der Waals surface area contributed by atoms with Crippen molar-refractivity contribution in [2.45, 2.75) is 6.18 Å². The van der Waals surface area contributed by atoms with Gasteiger partial charge in [0, 0.05) is 6.07 Å². The second-order valence-corrected chi connectivity index (χ2v) is 2.40. The molecule has 0 atom stereocenters. The van der Waals surface area contributed by atoms with Crippen LogP contribution in [0.2, 0.25) is 0 Å². The van der Waals surface area contributed by atoms with Crippen molar-refractivity contribution in [3.05, 3.63) is 30.2 Å². The highest BCUT2D eigenvalue weighted by molar-refractivity contribution is 5.71. The standard InChI is InChI=1S/C8H3F3NO/c9-8(10,11)7-12-5-3-1-2-4-6(5)13-7/h1-2,4H. The number of hydrogen-bond acceptors (Lipinski definition) is 2. The number of alkyl halides is 3. The molecule has 2 rings (SSSR count). The second kappa shape index (κ2) is 2.48. The molecule has 1 aromatic carbocycles. The van der Waals surface area contributed by atoms with Crippen LogP contribution in [0.5, 0.6) is 0 Å². The first-order valence-corrected chi connectivity index (χ1v) is 3.42. The lowest BCUT2D eigenvalue weighted by Gasteiger charge is -1.96.